The average Bonchev–Trinajstić information content (AvgIpc) is 2.36. The number of hydrogen-bond donors (Lipinski definition) is 0. The quantitative estimate of drug-likeness (QED) is 0.810. The van der Waals surface area contributed by atoms with E-state index in [2.05, 4.69) is 9.97 Å². The number of methoxy groups -OCH3 is 2. The van der Waals surface area contributed by atoms with Gasteiger partial charge in [-0.3, -0.25) is 0 Å². The number of rotatable bonds is 3. The zero-order valence-corrected chi connectivity index (χ0v) is 11.3. The molecule has 0 radical (unpaired) electrons. The zero-order chi connectivity index (χ0) is 13.1. The third-order valence-electron chi connectivity index (χ3n) is 2.31. The molecule has 0 aliphatic rings. The Bertz CT molecular complexity index is 556. The number of benzene rings is 1. The van der Waals surface area contributed by atoms with Crippen molar-refractivity contribution in [3.8, 4) is 22.9 Å². The highest BCUT2D eigenvalue weighted by molar-refractivity contribution is 6.33. The first-order valence-electron chi connectivity index (χ1n) is 5.06. The zero-order valence-electron chi connectivity index (χ0n) is 9.78. The highest BCUT2D eigenvalue weighted by atomic mass is 35.5. The Hall–Kier alpha value is -1.52. The lowest BCUT2D eigenvalue weighted by Crippen LogP contribution is -1.95. The average molecular weight is 285 g/mol. The summed E-state index contributed by atoms with van der Waals surface area (Å²) in [5.74, 6) is 1.68. The van der Waals surface area contributed by atoms with E-state index >= 15 is 0 Å². The Morgan fingerprint density at radius 1 is 0.944 bits per heavy atom. The van der Waals surface area contributed by atoms with E-state index in [4.69, 9.17) is 32.7 Å². The van der Waals surface area contributed by atoms with Crippen molar-refractivity contribution in [3.05, 3.63) is 34.6 Å². The SMILES string of the molecule is COc1ccc(OC)c(-c2nc(Cl)cc(Cl)n2)c1. The minimum Gasteiger partial charge on any atom is -0.497 e. The van der Waals surface area contributed by atoms with Crippen molar-refractivity contribution >= 4 is 23.2 Å². The van der Waals surface area contributed by atoms with Crippen molar-refractivity contribution in [1.29, 1.82) is 0 Å². The standard InChI is InChI=1S/C12H10Cl2N2O2/c1-17-7-3-4-9(18-2)8(5-7)12-15-10(13)6-11(14)16-12/h3-6H,1-2H3. The van der Waals surface area contributed by atoms with Gasteiger partial charge in [-0.2, -0.15) is 0 Å². The third-order valence-corrected chi connectivity index (χ3v) is 2.70. The molecule has 2 aromatic rings. The number of ether oxygens (including phenoxy) is 2. The lowest BCUT2D eigenvalue weighted by molar-refractivity contribution is 0.404. The Morgan fingerprint density at radius 3 is 2.17 bits per heavy atom. The van der Waals surface area contributed by atoms with Crippen LogP contribution in [0, 0.1) is 0 Å². The predicted molar refractivity (Wildman–Crippen MR) is 70.6 cm³/mol. The first-order valence-corrected chi connectivity index (χ1v) is 5.82. The summed E-state index contributed by atoms with van der Waals surface area (Å²) >= 11 is 11.7. The molecule has 2 rings (SSSR count). The molecule has 0 amide bonds. The molecule has 0 atom stereocenters. The second-order valence-corrected chi connectivity index (χ2v) is 4.18. The second-order valence-electron chi connectivity index (χ2n) is 3.40. The third kappa shape index (κ3) is 2.66. The molecule has 0 saturated carbocycles. The van der Waals surface area contributed by atoms with Crippen molar-refractivity contribution in [2.45, 2.75) is 0 Å². The van der Waals surface area contributed by atoms with Gasteiger partial charge >= 0.3 is 0 Å². The molecule has 1 aromatic carbocycles. The van der Waals surface area contributed by atoms with Crippen molar-refractivity contribution in [1.82, 2.24) is 9.97 Å². The van der Waals surface area contributed by atoms with Gasteiger partial charge in [-0.05, 0) is 18.2 Å². The molecule has 0 fully saturated rings. The van der Waals surface area contributed by atoms with E-state index in [1.54, 1.807) is 32.4 Å². The van der Waals surface area contributed by atoms with Gasteiger partial charge in [0, 0.05) is 6.07 Å². The number of halogens is 2. The highest BCUT2D eigenvalue weighted by Gasteiger charge is 2.12. The van der Waals surface area contributed by atoms with Crippen LogP contribution in [-0.2, 0) is 0 Å². The Kier molecular flexibility index (Phi) is 3.89. The van der Waals surface area contributed by atoms with Crippen LogP contribution in [0.2, 0.25) is 10.3 Å². The lowest BCUT2D eigenvalue weighted by Gasteiger charge is -2.09. The Balaban J connectivity index is 2.60. The molecule has 4 nitrogen and oxygen atoms in total. The van der Waals surface area contributed by atoms with Crippen LogP contribution in [0.4, 0.5) is 0 Å². The van der Waals surface area contributed by atoms with Gasteiger partial charge in [-0.25, -0.2) is 9.97 Å². The fraction of sp³-hybridized carbons (Fsp3) is 0.167. The minimum absolute atomic E-state index is 0.273. The molecule has 18 heavy (non-hydrogen) atoms. The van der Waals surface area contributed by atoms with Gasteiger partial charge in [0.15, 0.2) is 5.82 Å². The number of nitrogens with zero attached hydrogens (tertiary/aromatic N) is 2. The van der Waals surface area contributed by atoms with Gasteiger partial charge in [0.25, 0.3) is 0 Å². The van der Waals surface area contributed by atoms with Crippen molar-refractivity contribution in [2.24, 2.45) is 0 Å². The van der Waals surface area contributed by atoms with Crippen LogP contribution in [0.25, 0.3) is 11.4 Å². The lowest BCUT2D eigenvalue weighted by atomic mass is 10.1. The molecule has 94 valence electrons. The summed E-state index contributed by atoms with van der Waals surface area (Å²) < 4.78 is 10.4. The van der Waals surface area contributed by atoms with Crippen LogP contribution in [-0.4, -0.2) is 24.2 Å². The van der Waals surface area contributed by atoms with Crippen molar-refractivity contribution in [2.75, 3.05) is 14.2 Å². The van der Waals surface area contributed by atoms with Crippen LogP contribution in [0.15, 0.2) is 24.3 Å². The molecule has 1 heterocycles. The molecule has 0 saturated heterocycles. The fourth-order valence-electron chi connectivity index (χ4n) is 1.50. The van der Waals surface area contributed by atoms with Crippen LogP contribution in [0.1, 0.15) is 0 Å². The van der Waals surface area contributed by atoms with E-state index in [1.165, 1.54) is 6.07 Å². The van der Waals surface area contributed by atoms with E-state index in [-0.39, 0.29) is 10.3 Å². The summed E-state index contributed by atoms with van der Waals surface area (Å²) in [6.07, 6.45) is 0. The van der Waals surface area contributed by atoms with E-state index in [0.717, 1.165) is 0 Å². The summed E-state index contributed by atoms with van der Waals surface area (Å²) in [4.78, 5) is 8.25. The van der Waals surface area contributed by atoms with Crippen LogP contribution in [0.5, 0.6) is 11.5 Å². The monoisotopic (exact) mass is 284 g/mol. The maximum absolute atomic E-state index is 5.86. The molecular formula is C12H10Cl2N2O2. The molecule has 1 aromatic heterocycles. The van der Waals surface area contributed by atoms with Gasteiger partial charge in [0.2, 0.25) is 0 Å². The predicted octanol–water partition coefficient (Wildman–Crippen LogP) is 3.47. The number of hydrogen-bond acceptors (Lipinski definition) is 4. The maximum atomic E-state index is 5.86. The highest BCUT2D eigenvalue weighted by Crippen LogP contribution is 2.32. The minimum atomic E-state index is 0.273. The van der Waals surface area contributed by atoms with E-state index in [9.17, 15) is 0 Å². The molecular weight excluding hydrogens is 275 g/mol. The molecule has 0 aliphatic heterocycles. The summed E-state index contributed by atoms with van der Waals surface area (Å²) in [6.45, 7) is 0. The summed E-state index contributed by atoms with van der Waals surface area (Å²) in [5.41, 5.74) is 0.668. The van der Waals surface area contributed by atoms with E-state index in [0.29, 0.717) is 22.9 Å². The Morgan fingerprint density at radius 2 is 1.61 bits per heavy atom. The van der Waals surface area contributed by atoms with Gasteiger partial charge in [0.1, 0.15) is 21.8 Å². The second kappa shape index (κ2) is 5.42. The van der Waals surface area contributed by atoms with Gasteiger partial charge < -0.3 is 9.47 Å². The molecule has 0 aliphatic carbocycles. The van der Waals surface area contributed by atoms with Crippen LogP contribution in [0.3, 0.4) is 0 Å². The van der Waals surface area contributed by atoms with Gasteiger partial charge in [0.05, 0.1) is 19.8 Å². The van der Waals surface area contributed by atoms with Crippen LogP contribution < -0.4 is 9.47 Å². The largest absolute Gasteiger partial charge is 0.497 e. The number of aromatic nitrogens is 2. The molecule has 0 unspecified atom stereocenters. The normalized spacial score (nSPS) is 10.2. The summed E-state index contributed by atoms with van der Waals surface area (Å²) in [7, 11) is 3.15. The Labute approximate surface area is 114 Å². The van der Waals surface area contributed by atoms with Crippen LogP contribution >= 0.6 is 23.2 Å². The van der Waals surface area contributed by atoms with Gasteiger partial charge in [-0.1, -0.05) is 23.2 Å². The molecule has 0 N–H and O–H groups in total. The summed E-state index contributed by atoms with van der Waals surface area (Å²) in [6, 6.07) is 6.79. The topological polar surface area (TPSA) is 44.2 Å². The van der Waals surface area contributed by atoms with Crippen molar-refractivity contribution < 1.29 is 9.47 Å². The van der Waals surface area contributed by atoms with E-state index in [1.807, 2.05) is 0 Å². The smallest absolute Gasteiger partial charge is 0.166 e. The fourth-order valence-corrected chi connectivity index (χ4v) is 1.92. The first-order chi connectivity index (χ1) is 8.63. The molecule has 6 heteroatoms. The first kappa shape index (κ1) is 12.9. The van der Waals surface area contributed by atoms with Crippen molar-refractivity contribution in [3.63, 3.8) is 0 Å². The molecule has 0 spiro atoms. The van der Waals surface area contributed by atoms with E-state index < -0.39 is 0 Å². The van der Waals surface area contributed by atoms with Gasteiger partial charge in [-0.15, -0.1) is 0 Å². The summed E-state index contributed by atoms with van der Waals surface area (Å²) in [5, 5.41) is 0.546. The molecule has 0 bridgehead atoms. The maximum Gasteiger partial charge on any atom is 0.166 e.